The lowest BCUT2D eigenvalue weighted by molar-refractivity contribution is -0.114. The Kier molecular flexibility index (Phi) is 2.63. The van der Waals surface area contributed by atoms with Gasteiger partial charge < -0.3 is 4.52 Å². The number of carbonyl (C=O) groups excluding carboxylic acids is 2. The number of amides is 1. The number of halogens is 2. The number of fused-ring (bicyclic) bond motifs is 1. The van der Waals surface area contributed by atoms with Crippen LogP contribution in [0.4, 0.5) is 14.5 Å². The number of hydrogen-bond donors (Lipinski definition) is 0. The summed E-state index contributed by atoms with van der Waals surface area (Å²) >= 11 is 0. The smallest absolute Gasteiger partial charge is 0.300 e. The fraction of sp³-hybridized carbons (Fsp3) is 0.154. The van der Waals surface area contributed by atoms with Gasteiger partial charge in [0.2, 0.25) is 0 Å². The maximum atomic E-state index is 13.8. The molecule has 20 heavy (non-hydrogen) atoms. The van der Waals surface area contributed by atoms with E-state index in [4.69, 9.17) is 4.52 Å². The van der Waals surface area contributed by atoms with Crippen molar-refractivity contribution in [3.05, 3.63) is 46.9 Å². The average Bonchev–Trinajstić information content (AvgIpc) is 2.92. The topological polar surface area (TPSA) is 63.4 Å². The van der Waals surface area contributed by atoms with Gasteiger partial charge in [0.25, 0.3) is 11.7 Å². The van der Waals surface area contributed by atoms with Gasteiger partial charge in [-0.1, -0.05) is 5.16 Å². The summed E-state index contributed by atoms with van der Waals surface area (Å²) in [6, 6.07) is 3.25. The van der Waals surface area contributed by atoms with Gasteiger partial charge in [0, 0.05) is 6.07 Å². The standard InChI is InChI=1S/C13H8F2N2O3/c1-6-4-7(16-20-6)5-17-11-9(15)3-2-8(14)10(11)12(18)13(17)19/h2-4H,5H2,1H3. The zero-order chi connectivity index (χ0) is 14.4. The first kappa shape index (κ1) is 12.5. The Balaban J connectivity index is 2.08. The van der Waals surface area contributed by atoms with Crippen LogP contribution in [0, 0.1) is 18.6 Å². The van der Waals surface area contributed by atoms with Crippen molar-refractivity contribution in [2.24, 2.45) is 0 Å². The van der Waals surface area contributed by atoms with Crippen LogP contribution in [0.3, 0.4) is 0 Å². The van der Waals surface area contributed by atoms with Crippen LogP contribution in [0.25, 0.3) is 0 Å². The SMILES string of the molecule is Cc1cc(CN2C(=O)C(=O)c3c(F)ccc(F)c32)no1. The Morgan fingerprint density at radius 2 is 1.95 bits per heavy atom. The maximum Gasteiger partial charge on any atom is 0.300 e. The van der Waals surface area contributed by atoms with Crippen LogP contribution in [-0.2, 0) is 11.3 Å². The minimum Gasteiger partial charge on any atom is -0.361 e. The van der Waals surface area contributed by atoms with Crippen molar-refractivity contribution in [2.75, 3.05) is 4.90 Å². The Labute approximate surface area is 111 Å². The molecule has 2 heterocycles. The second-order valence-electron chi connectivity index (χ2n) is 4.40. The lowest BCUT2D eigenvalue weighted by Gasteiger charge is -2.15. The summed E-state index contributed by atoms with van der Waals surface area (Å²) in [5.74, 6) is -3.28. The number of benzene rings is 1. The number of ketones is 1. The third-order valence-corrected chi connectivity index (χ3v) is 3.01. The van der Waals surface area contributed by atoms with E-state index in [-0.39, 0.29) is 12.2 Å². The minimum atomic E-state index is -1.06. The first-order chi connectivity index (χ1) is 9.49. The highest BCUT2D eigenvalue weighted by atomic mass is 19.1. The molecule has 7 heteroatoms. The number of nitrogens with zero attached hydrogens (tertiary/aromatic N) is 2. The van der Waals surface area contributed by atoms with E-state index in [1.165, 1.54) is 0 Å². The van der Waals surface area contributed by atoms with E-state index in [0.717, 1.165) is 17.0 Å². The Bertz CT molecular complexity index is 739. The highest BCUT2D eigenvalue weighted by Crippen LogP contribution is 2.34. The molecule has 102 valence electrons. The number of carbonyl (C=O) groups is 2. The molecule has 0 spiro atoms. The van der Waals surface area contributed by atoms with Crippen LogP contribution in [0.2, 0.25) is 0 Å². The summed E-state index contributed by atoms with van der Waals surface area (Å²) in [7, 11) is 0. The molecule has 0 saturated carbocycles. The lowest BCUT2D eigenvalue weighted by atomic mass is 10.1. The van der Waals surface area contributed by atoms with E-state index >= 15 is 0 Å². The molecule has 0 saturated heterocycles. The summed E-state index contributed by atoms with van der Waals surface area (Å²) in [6.45, 7) is 1.50. The van der Waals surface area contributed by atoms with Crippen molar-refractivity contribution in [2.45, 2.75) is 13.5 Å². The zero-order valence-electron chi connectivity index (χ0n) is 10.3. The first-order valence-electron chi connectivity index (χ1n) is 5.75. The van der Waals surface area contributed by atoms with Crippen LogP contribution in [-0.4, -0.2) is 16.8 Å². The predicted octanol–water partition coefficient (Wildman–Crippen LogP) is 1.99. The van der Waals surface area contributed by atoms with E-state index in [2.05, 4.69) is 5.16 Å². The molecule has 3 rings (SSSR count). The molecule has 1 aliphatic rings. The van der Waals surface area contributed by atoms with Gasteiger partial charge in [0.15, 0.2) is 0 Å². The van der Waals surface area contributed by atoms with Crippen molar-refractivity contribution >= 4 is 17.4 Å². The van der Waals surface area contributed by atoms with E-state index in [1.807, 2.05) is 0 Å². The molecule has 0 atom stereocenters. The van der Waals surface area contributed by atoms with Crippen LogP contribution < -0.4 is 4.90 Å². The van der Waals surface area contributed by atoms with E-state index in [1.54, 1.807) is 13.0 Å². The summed E-state index contributed by atoms with van der Waals surface area (Å²) in [4.78, 5) is 24.5. The van der Waals surface area contributed by atoms with Crippen molar-refractivity contribution < 1.29 is 22.9 Å². The van der Waals surface area contributed by atoms with Crippen molar-refractivity contribution in [3.63, 3.8) is 0 Å². The molecule has 1 aromatic carbocycles. The fourth-order valence-electron chi connectivity index (χ4n) is 2.16. The highest BCUT2D eigenvalue weighted by molar-refractivity contribution is 6.52. The number of aryl methyl sites for hydroxylation is 1. The van der Waals surface area contributed by atoms with Gasteiger partial charge in [-0.05, 0) is 19.1 Å². The summed E-state index contributed by atoms with van der Waals surface area (Å²) in [5.41, 5.74) is -0.531. The van der Waals surface area contributed by atoms with Gasteiger partial charge in [-0.15, -0.1) is 0 Å². The third-order valence-electron chi connectivity index (χ3n) is 3.01. The number of aromatic nitrogens is 1. The van der Waals surface area contributed by atoms with E-state index in [0.29, 0.717) is 11.5 Å². The molecule has 0 radical (unpaired) electrons. The second-order valence-corrected chi connectivity index (χ2v) is 4.40. The molecule has 0 fully saturated rings. The number of Topliss-reactive ketones (excluding diaryl/α,β-unsaturated/α-hetero) is 1. The van der Waals surface area contributed by atoms with Crippen molar-refractivity contribution in [3.8, 4) is 0 Å². The molecular weight excluding hydrogens is 270 g/mol. The molecule has 2 aromatic rings. The molecule has 1 amide bonds. The molecule has 1 aromatic heterocycles. The molecular formula is C13H8F2N2O3. The van der Waals surface area contributed by atoms with Crippen molar-refractivity contribution in [1.82, 2.24) is 5.16 Å². The molecule has 0 bridgehead atoms. The highest BCUT2D eigenvalue weighted by Gasteiger charge is 2.40. The second kappa shape index (κ2) is 4.22. The van der Waals surface area contributed by atoms with Crippen LogP contribution >= 0.6 is 0 Å². The summed E-state index contributed by atoms with van der Waals surface area (Å²) in [6.07, 6.45) is 0. The van der Waals surface area contributed by atoms with Gasteiger partial charge in [0.1, 0.15) is 23.1 Å². The molecule has 0 N–H and O–H groups in total. The molecule has 5 nitrogen and oxygen atoms in total. The van der Waals surface area contributed by atoms with Gasteiger partial charge in [-0.2, -0.15) is 0 Å². The van der Waals surface area contributed by atoms with Crippen molar-refractivity contribution in [1.29, 1.82) is 0 Å². The molecule has 0 aliphatic carbocycles. The first-order valence-corrected chi connectivity index (χ1v) is 5.75. The largest absolute Gasteiger partial charge is 0.361 e. The van der Waals surface area contributed by atoms with Crippen LogP contribution in [0.15, 0.2) is 22.7 Å². The average molecular weight is 278 g/mol. The monoisotopic (exact) mass is 278 g/mol. The predicted molar refractivity (Wildman–Crippen MR) is 63.1 cm³/mol. The van der Waals surface area contributed by atoms with Crippen LogP contribution in [0.1, 0.15) is 21.8 Å². The van der Waals surface area contributed by atoms with E-state index < -0.39 is 28.9 Å². The normalized spacial score (nSPS) is 14.1. The van der Waals surface area contributed by atoms with Crippen LogP contribution in [0.5, 0.6) is 0 Å². The van der Waals surface area contributed by atoms with Gasteiger partial charge in [0.05, 0.1) is 17.8 Å². The quantitative estimate of drug-likeness (QED) is 0.788. The van der Waals surface area contributed by atoms with Gasteiger partial charge >= 0.3 is 0 Å². The number of anilines is 1. The number of hydrogen-bond acceptors (Lipinski definition) is 4. The number of rotatable bonds is 2. The Hall–Kier alpha value is -2.57. The Morgan fingerprint density at radius 1 is 1.25 bits per heavy atom. The Morgan fingerprint density at radius 3 is 2.60 bits per heavy atom. The third kappa shape index (κ3) is 1.70. The zero-order valence-corrected chi connectivity index (χ0v) is 10.3. The van der Waals surface area contributed by atoms with Gasteiger partial charge in [-0.25, -0.2) is 8.78 Å². The molecule has 1 aliphatic heterocycles. The molecule has 0 unspecified atom stereocenters. The minimum absolute atomic E-state index is 0.157. The fourth-order valence-corrected chi connectivity index (χ4v) is 2.16. The van der Waals surface area contributed by atoms with E-state index in [9.17, 15) is 18.4 Å². The summed E-state index contributed by atoms with van der Waals surface area (Å²) in [5, 5.41) is 3.67. The lowest BCUT2D eigenvalue weighted by Crippen LogP contribution is -2.29. The maximum absolute atomic E-state index is 13.8. The van der Waals surface area contributed by atoms with Gasteiger partial charge in [-0.3, -0.25) is 14.5 Å². The summed E-state index contributed by atoms with van der Waals surface area (Å²) < 4.78 is 32.3.